The number of hydrogen-bond donors (Lipinski definition) is 0. The smallest absolute Gasteiger partial charge is 0.255 e. The van der Waals surface area contributed by atoms with Crippen molar-refractivity contribution in [3.05, 3.63) is 29.6 Å². The molecule has 0 bridgehead atoms. The number of hydrogen-bond acceptors (Lipinski definition) is 4. The van der Waals surface area contributed by atoms with Crippen molar-refractivity contribution in [2.75, 3.05) is 39.3 Å². The Morgan fingerprint density at radius 2 is 1.31 bits per heavy atom. The van der Waals surface area contributed by atoms with Gasteiger partial charge >= 0.3 is 0 Å². The van der Waals surface area contributed by atoms with Crippen LogP contribution in [0.1, 0.15) is 47.4 Å². The molecule has 7 heteroatoms. The van der Waals surface area contributed by atoms with E-state index in [2.05, 4.69) is 11.9 Å². The molecule has 1 aromatic rings. The molecule has 2 aliphatic rings. The van der Waals surface area contributed by atoms with Crippen LogP contribution in [0.15, 0.2) is 18.5 Å². The van der Waals surface area contributed by atoms with Gasteiger partial charge in [-0.05, 0) is 24.8 Å². The Kier molecular flexibility index (Phi) is 5.54. The molecule has 0 atom stereocenters. The zero-order valence-corrected chi connectivity index (χ0v) is 15.5. The molecule has 26 heavy (non-hydrogen) atoms. The summed E-state index contributed by atoms with van der Waals surface area (Å²) in [6.07, 6.45) is 5.07. The van der Waals surface area contributed by atoms with Crippen LogP contribution in [-0.4, -0.2) is 76.7 Å². The number of amides is 3. The van der Waals surface area contributed by atoms with E-state index in [1.54, 1.807) is 15.9 Å². The Hall–Kier alpha value is -2.44. The van der Waals surface area contributed by atoms with Gasteiger partial charge in [-0.3, -0.25) is 19.4 Å². The summed E-state index contributed by atoms with van der Waals surface area (Å²) in [6.45, 7) is 7.34. The summed E-state index contributed by atoms with van der Waals surface area (Å²) in [5.74, 6) is 0.490. The molecular formula is C19H26N4O3. The van der Waals surface area contributed by atoms with Crippen LogP contribution in [0.4, 0.5) is 0 Å². The first kappa shape index (κ1) is 18.4. The molecule has 0 spiro atoms. The molecule has 2 fully saturated rings. The summed E-state index contributed by atoms with van der Waals surface area (Å²) >= 11 is 0. The van der Waals surface area contributed by atoms with Crippen molar-refractivity contribution in [2.24, 2.45) is 5.92 Å². The van der Waals surface area contributed by atoms with Gasteiger partial charge in [0.25, 0.3) is 11.8 Å². The second-order valence-electron chi connectivity index (χ2n) is 7.24. The minimum absolute atomic E-state index is 0.0298. The lowest BCUT2D eigenvalue weighted by Gasteiger charge is -2.34. The van der Waals surface area contributed by atoms with Crippen LogP contribution in [0.3, 0.4) is 0 Å². The van der Waals surface area contributed by atoms with E-state index in [9.17, 15) is 14.4 Å². The molecule has 0 unspecified atom stereocenters. The van der Waals surface area contributed by atoms with E-state index in [1.807, 2.05) is 4.90 Å². The topological polar surface area (TPSA) is 73.8 Å². The minimum atomic E-state index is -0.136. The van der Waals surface area contributed by atoms with Gasteiger partial charge in [-0.25, -0.2) is 0 Å². The van der Waals surface area contributed by atoms with Gasteiger partial charge in [-0.2, -0.15) is 0 Å². The highest BCUT2D eigenvalue weighted by atomic mass is 16.2. The van der Waals surface area contributed by atoms with E-state index in [-0.39, 0.29) is 17.7 Å². The third-order valence-electron chi connectivity index (χ3n) is 5.32. The molecule has 1 aromatic heterocycles. The van der Waals surface area contributed by atoms with Crippen LogP contribution >= 0.6 is 0 Å². The average molecular weight is 358 g/mol. The number of nitrogens with zero attached hydrogens (tertiary/aromatic N) is 4. The molecule has 3 amide bonds. The molecule has 0 radical (unpaired) electrons. The van der Waals surface area contributed by atoms with Gasteiger partial charge in [0.1, 0.15) is 0 Å². The van der Waals surface area contributed by atoms with Gasteiger partial charge in [0.15, 0.2) is 0 Å². The number of likely N-dealkylation sites (tertiary alicyclic amines) is 1. The first-order valence-electron chi connectivity index (χ1n) is 9.25. The summed E-state index contributed by atoms with van der Waals surface area (Å²) in [7, 11) is 0. The van der Waals surface area contributed by atoms with Crippen molar-refractivity contribution in [3.8, 4) is 0 Å². The first-order valence-corrected chi connectivity index (χ1v) is 9.25. The van der Waals surface area contributed by atoms with Gasteiger partial charge in [0, 0.05) is 58.6 Å². The maximum absolute atomic E-state index is 12.7. The highest BCUT2D eigenvalue weighted by Crippen LogP contribution is 2.19. The molecule has 0 N–H and O–H groups in total. The highest BCUT2D eigenvalue weighted by Gasteiger charge is 2.25. The van der Waals surface area contributed by atoms with Crippen LogP contribution in [-0.2, 0) is 4.79 Å². The molecule has 0 saturated carbocycles. The lowest BCUT2D eigenvalue weighted by molar-refractivity contribution is -0.130. The predicted octanol–water partition coefficient (Wildman–Crippen LogP) is 1.26. The summed E-state index contributed by atoms with van der Waals surface area (Å²) < 4.78 is 0. The Morgan fingerprint density at radius 3 is 1.81 bits per heavy atom. The molecule has 2 aliphatic heterocycles. The third kappa shape index (κ3) is 4.03. The summed E-state index contributed by atoms with van der Waals surface area (Å²) in [6, 6.07) is 1.65. The normalized spacial score (nSPS) is 18.8. The highest BCUT2D eigenvalue weighted by molar-refractivity contribution is 5.99. The van der Waals surface area contributed by atoms with Gasteiger partial charge in [0.05, 0.1) is 11.1 Å². The fraction of sp³-hybridized carbons (Fsp3) is 0.579. The van der Waals surface area contributed by atoms with Crippen LogP contribution in [0.5, 0.6) is 0 Å². The van der Waals surface area contributed by atoms with Crippen LogP contribution < -0.4 is 0 Å². The van der Waals surface area contributed by atoms with Crippen LogP contribution in [0, 0.1) is 5.92 Å². The van der Waals surface area contributed by atoms with E-state index < -0.39 is 0 Å². The van der Waals surface area contributed by atoms with Crippen LogP contribution in [0.2, 0.25) is 0 Å². The second-order valence-corrected chi connectivity index (χ2v) is 7.24. The number of pyridine rings is 1. The van der Waals surface area contributed by atoms with Gasteiger partial charge in [0.2, 0.25) is 5.91 Å². The summed E-state index contributed by atoms with van der Waals surface area (Å²) in [4.78, 5) is 46.2. The van der Waals surface area contributed by atoms with E-state index in [0.717, 1.165) is 25.9 Å². The molecule has 3 heterocycles. The maximum atomic E-state index is 12.7. The summed E-state index contributed by atoms with van der Waals surface area (Å²) in [5.41, 5.74) is 0.894. The van der Waals surface area contributed by atoms with E-state index >= 15 is 0 Å². The maximum Gasteiger partial charge on any atom is 0.255 e. The Bertz CT molecular complexity index is 690. The fourth-order valence-electron chi connectivity index (χ4n) is 3.48. The minimum Gasteiger partial charge on any atom is -0.339 e. The molecule has 0 aromatic carbocycles. The number of aromatic nitrogens is 1. The monoisotopic (exact) mass is 358 g/mol. The zero-order chi connectivity index (χ0) is 18.7. The fourth-order valence-corrected chi connectivity index (χ4v) is 3.48. The predicted molar refractivity (Wildman–Crippen MR) is 96.7 cm³/mol. The molecule has 7 nitrogen and oxygen atoms in total. The zero-order valence-electron chi connectivity index (χ0n) is 15.5. The molecule has 140 valence electrons. The molecular weight excluding hydrogens is 332 g/mol. The SMILES string of the molecule is CC(=O)N1CCN(C(=O)c2cncc(C(=O)N3CCC(C)CC3)c2)CC1. The van der Waals surface area contributed by atoms with Crippen molar-refractivity contribution < 1.29 is 14.4 Å². The van der Waals surface area contributed by atoms with Crippen molar-refractivity contribution in [2.45, 2.75) is 26.7 Å². The van der Waals surface area contributed by atoms with E-state index in [4.69, 9.17) is 0 Å². The molecule has 3 rings (SSSR count). The Labute approximate surface area is 154 Å². The second kappa shape index (κ2) is 7.85. The lowest BCUT2D eigenvalue weighted by atomic mass is 9.98. The lowest BCUT2D eigenvalue weighted by Crippen LogP contribution is -2.50. The van der Waals surface area contributed by atoms with E-state index in [0.29, 0.717) is 43.2 Å². The van der Waals surface area contributed by atoms with Crippen molar-refractivity contribution in [1.29, 1.82) is 0 Å². The third-order valence-corrected chi connectivity index (χ3v) is 5.32. The number of piperazine rings is 1. The quantitative estimate of drug-likeness (QED) is 0.798. The number of rotatable bonds is 2. The van der Waals surface area contributed by atoms with Gasteiger partial charge < -0.3 is 14.7 Å². The van der Waals surface area contributed by atoms with E-state index in [1.165, 1.54) is 19.3 Å². The van der Waals surface area contributed by atoms with Crippen molar-refractivity contribution in [1.82, 2.24) is 19.7 Å². The molecule has 2 saturated heterocycles. The first-order chi connectivity index (χ1) is 12.5. The van der Waals surface area contributed by atoms with Crippen LogP contribution in [0.25, 0.3) is 0 Å². The van der Waals surface area contributed by atoms with Crippen molar-refractivity contribution in [3.63, 3.8) is 0 Å². The number of carbonyl (C=O) groups excluding carboxylic acids is 3. The Morgan fingerprint density at radius 1 is 0.846 bits per heavy atom. The summed E-state index contributed by atoms with van der Waals surface area (Å²) in [5, 5.41) is 0. The standard InChI is InChI=1S/C19H26N4O3/c1-14-3-5-22(6-4-14)18(25)16-11-17(13-20-12-16)19(26)23-9-7-21(8-10-23)15(2)24/h11-14H,3-10H2,1-2H3. The molecule has 0 aliphatic carbocycles. The number of piperidine rings is 1. The van der Waals surface area contributed by atoms with Gasteiger partial charge in [-0.15, -0.1) is 0 Å². The van der Waals surface area contributed by atoms with Crippen molar-refractivity contribution >= 4 is 17.7 Å². The Balaban J connectivity index is 1.66. The number of carbonyl (C=O) groups is 3. The van der Waals surface area contributed by atoms with Gasteiger partial charge in [-0.1, -0.05) is 6.92 Å². The largest absolute Gasteiger partial charge is 0.339 e. The average Bonchev–Trinajstić information content (AvgIpc) is 2.67.